The smallest absolute Gasteiger partial charge is 0.326 e. The van der Waals surface area contributed by atoms with Gasteiger partial charge in [-0.15, -0.1) is 0 Å². The number of carboxylic acids is 2. The lowest BCUT2D eigenvalue weighted by atomic mass is 9.97. The van der Waals surface area contributed by atoms with Crippen molar-refractivity contribution in [1.82, 2.24) is 47.9 Å². The molecule has 1 aromatic carbocycles. The van der Waals surface area contributed by atoms with Gasteiger partial charge in [-0.3, -0.25) is 47.9 Å². The fraction of sp³-hybridized carbons (Fsp3) is 0.660. The molecule has 0 fully saturated rings. The lowest BCUT2D eigenvalue weighted by Crippen LogP contribution is -2.62. The minimum absolute atomic E-state index is 0.0214. The molecule has 0 radical (unpaired) electrons. The molecule has 1 rings (SSSR count). The van der Waals surface area contributed by atoms with Crippen molar-refractivity contribution in [2.45, 2.75) is 173 Å². The molecule has 0 aliphatic rings. The summed E-state index contributed by atoms with van der Waals surface area (Å²) in [5.41, 5.74) is 11.7. The zero-order chi connectivity index (χ0) is 59.6. The number of aromatic hydroxyl groups is 1. The van der Waals surface area contributed by atoms with Crippen molar-refractivity contribution in [3.05, 3.63) is 29.8 Å². The molecule has 28 heteroatoms. The Morgan fingerprint density at radius 3 is 1.54 bits per heavy atom. The Labute approximate surface area is 453 Å². The van der Waals surface area contributed by atoms with Crippen molar-refractivity contribution in [1.29, 1.82) is 0 Å². The monoisotopic (exact) mass is 1110 g/mol. The Bertz CT molecular complexity index is 2180. The summed E-state index contributed by atoms with van der Waals surface area (Å²) in [6.07, 6.45) is -3.35. The fourth-order valence-corrected chi connectivity index (χ4v) is 7.59. The van der Waals surface area contributed by atoms with Crippen LogP contribution in [0.15, 0.2) is 24.3 Å². The van der Waals surface area contributed by atoms with Crippen LogP contribution in [0.5, 0.6) is 5.75 Å². The average Bonchev–Trinajstić information content (AvgIpc) is 3.35. The molecule has 0 unspecified atom stereocenters. The molecule has 0 saturated heterocycles. The SMILES string of the molecule is CC[C@H](C)[C@H](NC(=O)[C@H](CO)NC(=O)[C@@H](N)CC(C)C)C(=O)N[C@H](C(=O)NCC(=O)N[C@H](C(=O)N[C@@H](Cc1ccc(O)cc1)C(=O)N[C@@H](CC(=O)O)C(=O)N[C@@H](CC(C)C)C(=O)N[C@@H](CCCCN)C(=O)O)[C@@H](C)O)[C@@H](C)O. The summed E-state index contributed by atoms with van der Waals surface area (Å²) in [6, 6.07) is -8.60. The Balaban J connectivity index is 3.35. The van der Waals surface area contributed by atoms with Gasteiger partial charge in [-0.2, -0.15) is 0 Å². The van der Waals surface area contributed by atoms with E-state index in [1.54, 1.807) is 27.7 Å². The van der Waals surface area contributed by atoms with E-state index < -0.39 is 164 Å². The number of aliphatic carboxylic acids is 2. The van der Waals surface area contributed by atoms with E-state index >= 15 is 0 Å². The summed E-state index contributed by atoms with van der Waals surface area (Å²) in [6.45, 7) is 11.1. The second kappa shape index (κ2) is 34.7. The van der Waals surface area contributed by atoms with Crippen LogP contribution in [0.2, 0.25) is 0 Å². The first kappa shape index (κ1) is 69.0. The van der Waals surface area contributed by atoms with Gasteiger partial charge in [-0.05, 0) is 87.9 Å². The molecular formula is C50H83N11O17. The van der Waals surface area contributed by atoms with E-state index in [-0.39, 0.29) is 43.4 Å². The van der Waals surface area contributed by atoms with Gasteiger partial charge in [0.1, 0.15) is 54.1 Å². The zero-order valence-corrected chi connectivity index (χ0v) is 45.5. The summed E-state index contributed by atoms with van der Waals surface area (Å²) in [5, 5.41) is 81.5. The molecule has 12 atom stereocenters. The molecule has 0 bridgehead atoms. The number of phenolic OH excluding ortho intramolecular Hbond substituents is 1. The molecule has 0 aliphatic carbocycles. The summed E-state index contributed by atoms with van der Waals surface area (Å²) < 4.78 is 0. The third-order valence-corrected chi connectivity index (χ3v) is 12.2. The molecule has 78 heavy (non-hydrogen) atoms. The third kappa shape index (κ3) is 25.0. The van der Waals surface area contributed by atoms with Crippen LogP contribution in [0.1, 0.15) is 106 Å². The molecule has 19 N–H and O–H groups in total. The molecule has 440 valence electrons. The van der Waals surface area contributed by atoms with Crippen LogP contribution in [0, 0.1) is 17.8 Å². The van der Waals surface area contributed by atoms with Crippen LogP contribution in [0.3, 0.4) is 0 Å². The van der Waals surface area contributed by atoms with Crippen molar-refractivity contribution in [2.75, 3.05) is 19.7 Å². The van der Waals surface area contributed by atoms with E-state index in [4.69, 9.17) is 11.5 Å². The first-order valence-corrected chi connectivity index (χ1v) is 25.8. The van der Waals surface area contributed by atoms with E-state index in [1.165, 1.54) is 24.3 Å². The van der Waals surface area contributed by atoms with Gasteiger partial charge < -0.3 is 90.0 Å². The van der Waals surface area contributed by atoms with Crippen molar-refractivity contribution in [3.63, 3.8) is 0 Å². The second-order valence-corrected chi connectivity index (χ2v) is 20.0. The van der Waals surface area contributed by atoms with Gasteiger partial charge in [0.25, 0.3) is 0 Å². The number of benzene rings is 1. The Kier molecular flexibility index (Phi) is 30.7. The summed E-state index contributed by atoms with van der Waals surface area (Å²) in [4.78, 5) is 145. The van der Waals surface area contributed by atoms with Crippen molar-refractivity contribution in [3.8, 4) is 5.75 Å². The number of carbonyl (C=O) groups excluding carboxylic acids is 9. The van der Waals surface area contributed by atoms with E-state index in [0.29, 0.717) is 24.8 Å². The molecular weight excluding hydrogens is 1030 g/mol. The van der Waals surface area contributed by atoms with Gasteiger partial charge in [-0.1, -0.05) is 60.1 Å². The van der Waals surface area contributed by atoms with Gasteiger partial charge in [0.05, 0.1) is 37.8 Å². The van der Waals surface area contributed by atoms with Gasteiger partial charge in [-0.25, -0.2) is 4.79 Å². The predicted octanol–water partition coefficient (Wildman–Crippen LogP) is -4.16. The standard InChI is InChI=1S/C50H83N11O17/c1-9-26(6)39(60-46(73)36(23-62)58-42(69)31(52)18-24(2)3)48(75)61-40(27(7)63)47(74)53-22-37(66)59-41(28(8)64)49(76)57-34(20-29-13-15-30(65)16-14-29)44(71)56-35(21-38(67)68)45(72)55-33(19-25(4)5)43(70)54-32(50(77)78)12-10-11-17-51/h13-16,24-28,31-36,39-41,62-65H,9-12,17-23,51-52H2,1-8H3,(H,53,74)(H,54,70)(H,55,72)(H,56,71)(H,57,76)(H,58,69)(H,59,66)(H,60,73)(H,61,75)(H,67,68)(H,77,78)/t26-,27+,28+,31-,32-,33-,34-,35-,36-,39-,40-,41-/m0/s1. The number of aliphatic hydroxyl groups is 3. The normalized spacial score (nSPS) is 15.9. The van der Waals surface area contributed by atoms with E-state index in [0.717, 1.165) is 13.8 Å². The first-order chi connectivity index (χ1) is 36.4. The predicted molar refractivity (Wildman–Crippen MR) is 280 cm³/mol. The molecule has 28 nitrogen and oxygen atoms in total. The van der Waals surface area contributed by atoms with Crippen LogP contribution >= 0.6 is 0 Å². The minimum Gasteiger partial charge on any atom is -0.508 e. The molecule has 0 spiro atoms. The van der Waals surface area contributed by atoms with Crippen molar-refractivity contribution in [2.24, 2.45) is 29.2 Å². The largest absolute Gasteiger partial charge is 0.508 e. The number of amides is 9. The molecule has 1 aromatic rings. The van der Waals surface area contributed by atoms with Gasteiger partial charge in [0.15, 0.2) is 0 Å². The van der Waals surface area contributed by atoms with Crippen LogP contribution in [0.4, 0.5) is 0 Å². The summed E-state index contributed by atoms with van der Waals surface area (Å²) >= 11 is 0. The number of aliphatic hydroxyl groups excluding tert-OH is 3. The van der Waals surface area contributed by atoms with E-state index in [9.17, 15) is 83.4 Å². The quantitative estimate of drug-likeness (QED) is 0.0284. The molecule has 0 aromatic heterocycles. The number of hydrogen-bond donors (Lipinski definition) is 17. The lowest BCUT2D eigenvalue weighted by Gasteiger charge is -2.29. The molecule has 0 heterocycles. The minimum atomic E-state index is -1.90. The molecule has 0 saturated carbocycles. The van der Waals surface area contributed by atoms with Crippen molar-refractivity contribution >= 4 is 65.1 Å². The summed E-state index contributed by atoms with van der Waals surface area (Å²) in [5.74, 6) is -13.2. The Morgan fingerprint density at radius 1 is 0.551 bits per heavy atom. The first-order valence-electron chi connectivity index (χ1n) is 25.8. The zero-order valence-electron chi connectivity index (χ0n) is 45.5. The number of carbonyl (C=O) groups is 11. The highest BCUT2D eigenvalue weighted by molar-refractivity contribution is 5.99. The topological polar surface area (TPSA) is 469 Å². The average molecular weight is 1110 g/mol. The number of nitrogens with one attached hydrogen (secondary N) is 9. The third-order valence-electron chi connectivity index (χ3n) is 12.2. The maximum atomic E-state index is 14.1. The second-order valence-electron chi connectivity index (χ2n) is 20.0. The summed E-state index contributed by atoms with van der Waals surface area (Å²) in [7, 11) is 0. The van der Waals surface area contributed by atoms with Gasteiger partial charge >= 0.3 is 11.9 Å². The fourth-order valence-electron chi connectivity index (χ4n) is 7.59. The van der Waals surface area contributed by atoms with E-state index in [2.05, 4.69) is 47.9 Å². The maximum absolute atomic E-state index is 14.1. The Morgan fingerprint density at radius 2 is 1.03 bits per heavy atom. The van der Waals surface area contributed by atoms with Crippen molar-refractivity contribution < 1.29 is 83.4 Å². The van der Waals surface area contributed by atoms with Crippen LogP contribution in [-0.2, 0) is 59.2 Å². The highest BCUT2D eigenvalue weighted by atomic mass is 16.4. The number of unbranched alkanes of at least 4 members (excludes halogenated alkanes) is 1. The molecule has 0 aliphatic heterocycles. The number of rotatable bonds is 36. The number of phenols is 1. The van der Waals surface area contributed by atoms with E-state index in [1.807, 2.05) is 13.8 Å². The number of carboxylic acid groups (broad SMARTS) is 2. The van der Waals surface area contributed by atoms with Crippen LogP contribution in [-0.4, -0.2) is 182 Å². The lowest BCUT2D eigenvalue weighted by molar-refractivity contribution is -0.143. The highest BCUT2D eigenvalue weighted by Crippen LogP contribution is 2.14. The number of nitrogens with two attached hydrogens (primary N) is 2. The van der Waals surface area contributed by atoms with Crippen LogP contribution in [0.25, 0.3) is 0 Å². The highest BCUT2D eigenvalue weighted by Gasteiger charge is 2.37. The van der Waals surface area contributed by atoms with Crippen LogP contribution < -0.4 is 59.3 Å². The van der Waals surface area contributed by atoms with Gasteiger partial charge in [0, 0.05) is 6.42 Å². The number of hydrogen-bond acceptors (Lipinski definition) is 17. The maximum Gasteiger partial charge on any atom is 0.326 e. The Hall–Kier alpha value is -7.01. The molecule has 9 amide bonds. The van der Waals surface area contributed by atoms with Gasteiger partial charge in [0.2, 0.25) is 53.2 Å².